The highest BCUT2D eigenvalue weighted by atomic mass is 32.1. The molecular formula is C10H10N2O3S. The van der Waals surface area contributed by atoms with Crippen molar-refractivity contribution in [3.8, 4) is 0 Å². The highest BCUT2D eigenvalue weighted by molar-refractivity contribution is 7.08. The first-order valence-corrected chi connectivity index (χ1v) is 5.78. The molecule has 0 spiro atoms. The van der Waals surface area contributed by atoms with E-state index in [1.165, 1.54) is 11.3 Å². The fraction of sp³-hybridized carbons (Fsp3) is 0.300. The molecule has 1 aromatic rings. The van der Waals surface area contributed by atoms with Gasteiger partial charge in [0.25, 0.3) is 5.91 Å². The summed E-state index contributed by atoms with van der Waals surface area (Å²) in [6.45, 7) is 0. The van der Waals surface area contributed by atoms with Crippen LogP contribution in [0.5, 0.6) is 0 Å². The van der Waals surface area contributed by atoms with E-state index in [0.717, 1.165) is 0 Å². The van der Waals surface area contributed by atoms with Gasteiger partial charge in [-0.3, -0.25) is 19.7 Å². The summed E-state index contributed by atoms with van der Waals surface area (Å²) in [5.74, 6) is -0.999. The van der Waals surface area contributed by atoms with E-state index >= 15 is 0 Å². The average molecular weight is 238 g/mol. The third kappa shape index (κ3) is 2.27. The Labute approximate surface area is 95.8 Å². The Kier molecular flexibility index (Phi) is 3.00. The SMILES string of the molecule is O=C1CCC(NC(=O)c2ccsc2)C(=O)N1. The van der Waals surface area contributed by atoms with Crippen molar-refractivity contribution < 1.29 is 14.4 Å². The standard InChI is InChI=1S/C10H10N2O3S/c13-8-2-1-7(10(15)12-8)11-9(14)6-3-4-16-5-6/h3-5,7H,1-2H2,(H,11,14)(H,12,13,15). The maximum absolute atomic E-state index is 11.6. The molecule has 5 nitrogen and oxygen atoms in total. The first-order chi connectivity index (χ1) is 7.66. The molecule has 1 atom stereocenters. The second-order valence-corrected chi connectivity index (χ2v) is 4.27. The molecule has 1 aliphatic heterocycles. The van der Waals surface area contributed by atoms with Crippen molar-refractivity contribution >= 4 is 29.1 Å². The fourth-order valence-corrected chi connectivity index (χ4v) is 2.10. The van der Waals surface area contributed by atoms with Crippen LogP contribution in [0.25, 0.3) is 0 Å². The van der Waals surface area contributed by atoms with E-state index in [-0.39, 0.29) is 18.2 Å². The van der Waals surface area contributed by atoms with Crippen LogP contribution in [-0.2, 0) is 9.59 Å². The molecule has 2 rings (SSSR count). The summed E-state index contributed by atoms with van der Waals surface area (Å²) in [7, 11) is 0. The van der Waals surface area contributed by atoms with Gasteiger partial charge in [-0.25, -0.2) is 0 Å². The number of carbonyl (C=O) groups is 3. The molecular weight excluding hydrogens is 228 g/mol. The Morgan fingerprint density at radius 1 is 1.50 bits per heavy atom. The number of amides is 3. The van der Waals surface area contributed by atoms with Crippen molar-refractivity contribution in [2.45, 2.75) is 18.9 Å². The normalized spacial score (nSPS) is 20.4. The Balaban J connectivity index is 1.97. The lowest BCUT2D eigenvalue weighted by atomic mass is 10.1. The Morgan fingerprint density at radius 2 is 2.31 bits per heavy atom. The van der Waals surface area contributed by atoms with Gasteiger partial charge in [0.05, 0.1) is 5.56 Å². The first-order valence-electron chi connectivity index (χ1n) is 4.83. The second kappa shape index (κ2) is 4.44. The number of piperidine rings is 1. The first kappa shape index (κ1) is 10.8. The predicted octanol–water partition coefficient (Wildman–Crippen LogP) is 0.283. The summed E-state index contributed by atoms with van der Waals surface area (Å²) in [6.07, 6.45) is 0.626. The van der Waals surface area contributed by atoms with E-state index in [4.69, 9.17) is 0 Å². The van der Waals surface area contributed by atoms with Gasteiger partial charge in [-0.1, -0.05) is 0 Å². The third-order valence-corrected chi connectivity index (χ3v) is 3.01. The van der Waals surface area contributed by atoms with E-state index < -0.39 is 11.9 Å². The molecule has 0 aromatic carbocycles. The van der Waals surface area contributed by atoms with Crippen molar-refractivity contribution in [2.75, 3.05) is 0 Å². The summed E-state index contributed by atoms with van der Waals surface area (Å²) >= 11 is 1.42. The van der Waals surface area contributed by atoms with Gasteiger partial charge in [-0.15, -0.1) is 0 Å². The van der Waals surface area contributed by atoms with Gasteiger partial charge >= 0.3 is 0 Å². The molecule has 3 amide bonds. The van der Waals surface area contributed by atoms with Crippen LogP contribution < -0.4 is 10.6 Å². The molecule has 1 unspecified atom stereocenters. The van der Waals surface area contributed by atoms with Crippen molar-refractivity contribution in [1.29, 1.82) is 0 Å². The lowest BCUT2D eigenvalue weighted by Gasteiger charge is -2.21. The average Bonchev–Trinajstić information content (AvgIpc) is 2.75. The maximum Gasteiger partial charge on any atom is 0.252 e. The van der Waals surface area contributed by atoms with Gasteiger partial charge in [0.1, 0.15) is 6.04 Å². The lowest BCUT2D eigenvalue weighted by molar-refractivity contribution is -0.134. The number of rotatable bonds is 2. The van der Waals surface area contributed by atoms with E-state index in [2.05, 4.69) is 10.6 Å². The van der Waals surface area contributed by atoms with Crippen molar-refractivity contribution in [3.05, 3.63) is 22.4 Å². The van der Waals surface area contributed by atoms with Crippen molar-refractivity contribution in [2.24, 2.45) is 0 Å². The molecule has 6 heteroatoms. The minimum atomic E-state index is -0.606. The van der Waals surface area contributed by atoms with Crippen LogP contribution in [0.15, 0.2) is 16.8 Å². The second-order valence-electron chi connectivity index (χ2n) is 3.49. The smallest absolute Gasteiger partial charge is 0.252 e. The molecule has 84 valence electrons. The van der Waals surface area contributed by atoms with Crippen LogP contribution in [0, 0.1) is 0 Å². The van der Waals surface area contributed by atoms with Gasteiger partial charge in [0, 0.05) is 11.8 Å². The van der Waals surface area contributed by atoms with Crippen LogP contribution in [-0.4, -0.2) is 23.8 Å². The molecule has 0 saturated carbocycles. The van der Waals surface area contributed by atoms with Crippen LogP contribution in [0.1, 0.15) is 23.2 Å². The number of hydrogen-bond acceptors (Lipinski definition) is 4. The van der Waals surface area contributed by atoms with E-state index in [0.29, 0.717) is 12.0 Å². The van der Waals surface area contributed by atoms with Gasteiger partial charge in [-0.05, 0) is 17.9 Å². The fourth-order valence-electron chi connectivity index (χ4n) is 1.47. The molecule has 16 heavy (non-hydrogen) atoms. The van der Waals surface area contributed by atoms with Crippen LogP contribution in [0.3, 0.4) is 0 Å². The number of hydrogen-bond donors (Lipinski definition) is 2. The monoisotopic (exact) mass is 238 g/mol. The highest BCUT2D eigenvalue weighted by Gasteiger charge is 2.27. The summed E-state index contributed by atoms with van der Waals surface area (Å²) in [5, 5.41) is 8.29. The van der Waals surface area contributed by atoms with Gasteiger partial charge < -0.3 is 5.32 Å². The molecule has 1 aliphatic rings. The number of thiophene rings is 1. The maximum atomic E-state index is 11.6. The lowest BCUT2D eigenvalue weighted by Crippen LogP contribution is -2.52. The molecule has 2 N–H and O–H groups in total. The van der Waals surface area contributed by atoms with Gasteiger partial charge in [0.15, 0.2) is 0 Å². The van der Waals surface area contributed by atoms with Crippen LogP contribution in [0.2, 0.25) is 0 Å². The largest absolute Gasteiger partial charge is 0.340 e. The Bertz CT molecular complexity index is 427. The third-order valence-electron chi connectivity index (χ3n) is 2.33. The van der Waals surface area contributed by atoms with Gasteiger partial charge in [0.2, 0.25) is 11.8 Å². The van der Waals surface area contributed by atoms with E-state index in [1.54, 1.807) is 16.8 Å². The quantitative estimate of drug-likeness (QED) is 0.727. The molecule has 2 heterocycles. The molecule has 0 aliphatic carbocycles. The summed E-state index contributed by atoms with van der Waals surface area (Å²) < 4.78 is 0. The highest BCUT2D eigenvalue weighted by Crippen LogP contribution is 2.08. The Morgan fingerprint density at radius 3 is 2.94 bits per heavy atom. The minimum Gasteiger partial charge on any atom is -0.340 e. The molecule has 1 aromatic heterocycles. The van der Waals surface area contributed by atoms with E-state index in [1.807, 2.05) is 0 Å². The molecule has 0 radical (unpaired) electrons. The minimum absolute atomic E-state index is 0.264. The summed E-state index contributed by atoms with van der Waals surface area (Å²) in [5.41, 5.74) is 0.537. The zero-order valence-electron chi connectivity index (χ0n) is 8.36. The van der Waals surface area contributed by atoms with Gasteiger partial charge in [-0.2, -0.15) is 11.3 Å². The van der Waals surface area contributed by atoms with E-state index in [9.17, 15) is 14.4 Å². The number of nitrogens with one attached hydrogen (secondary N) is 2. The Hall–Kier alpha value is -1.69. The summed E-state index contributed by atoms with van der Waals surface area (Å²) in [4.78, 5) is 33.9. The van der Waals surface area contributed by atoms with Crippen molar-refractivity contribution in [3.63, 3.8) is 0 Å². The molecule has 1 fully saturated rings. The van der Waals surface area contributed by atoms with Crippen molar-refractivity contribution in [1.82, 2.24) is 10.6 Å². The predicted molar refractivity (Wildman–Crippen MR) is 58.0 cm³/mol. The number of imide groups is 1. The molecule has 0 bridgehead atoms. The zero-order valence-corrected chi connectivity index (χ0v) is 9.17. The topological polar surface area (TPSA) is 75.3 Å². The summed E-state index contributed by atoms with van der Waals surface area (Å²) in [6, 6.07) is 1.08. The number of carbonyl (C=O) groups excluding carboxylic acids is 3. The zero-order chi connectivity index (χ0) is 11.5. The molecule has 1 saturated heterocycles. The van der Waals surface area contributed by atoms with Crippen LogP contribution >= 0.6 is 11.3 Å². The van der Waals surface area contributed by atoms with Crippen LogP contribution in [0.4, 0.5) is 0 Å².